The van der Waals surface area contributed by atoms with Gasteiger partial charge in [-0.05, 0) is 46.5 Å². The van der Waals surface area contributed by atoms with Crippen LogP contribution in [0, 0.1) is 6.92 Å². The van der Waals surface area contributed by atoms with E-state index >= 15 is 0 Å². The highest BCUT2D eigenvalue weighted by Gasteiger charge is 2.07. The molecule has 0 spiro atoms. The molecule has 2 N–H and O–H groups in total. The van der Waals surface area contributed by atoms with Crippen LogP contribution in [0.5, 0.6) is 5.75 Å². The Balaban J connectivity index is 2.21. The van der Waals surface area contributed by atoms with Crippen LogP contribution in [0.4, 0.5) is 5.69 Å². The second-order valence-electron chi connectivity index (χ2n) is 4.56. The van der Waals surface area contributed by atoms with Gasteiger partial charge in [0.2, 0.25) is 0 Å². The van der Waals surface area contributed by atoms with Crippen molar-refractivity contribution in [3.8, 4) is 5.75 Å². The molecule has 0 aliphatic carbocycles. The summed E-state index contributed by atoms with van der Waals surface area (Å²) >= 11 is 3.34. The molecule has 3 heteroatoms. The van der Waals surface area contributed by atoms with E-state index in [-0.39, 0.29) is 0 Å². The lowest BCUT2D eigenvalue weighted by Gasteiger charge is -2.15. The van der Waals surface area contributed by atoms with Crippen molar-refractivity contribution in [2.45, 2.75) is 26.8 Å². The van der Waals surface area contributed by atoms with Crippen molar-refractivity contribution in [2.75, 3.05) is 5.32 Å². The maximum absolute atomic E-state index is 9.98. The number of hydrogen-bond donors (Lipinski definition) is 2. The van der Waals surface area contributed by atoms with Crippen LogP contribution in [0.25, 0.3) is 0 Å². The SMILES string of the molecule is CCc1cccc(C)c1NCc1cccc(Br)c1O. The maximum Gasteiger partial charge on any atom is 0.134 e. The van der Waals surface area contributed by atoms with E-state index < -0.39 is 0 Å². The molecule has 0 saturated heterocycles. The Labute approximate surface area is 122 Å². The molecule has 2 aromatic rings. The van der Waals surface area contributed by atoms with Gasteiger partial charge < -0.3 is 10.4 Å². The van der Waals surface area contributed by atoms with E-state index in [1.807, 2.05) is 18.2 Å². The summed E-state index contributed by atoms with van der Waals surface area (Å²) in [5, 5.41) is 13.4. The standard InChI is InChI=1S/C16H18BrNO/c1-3-12-7-4-6-11(2)15(12)18-10-13-8-5-9-14(17)16(13)19/h4-9,18-19H,3,10H2,1-2H3. The monoisotopic (exact) mass is 319 g/mol. The Morgan fingerprint density at radius 2 is 1.79 bits per heavy atom. The number of phenolic OH excluding ortho intramolecular Hbond substituents is 1. The number of benzene rings is 2. The molecule has 0 unspecified atom stereocenters. The fourth-order valence-corrected chi connectivity index (χ4v) is 2.57. The average molecular weight is 320 g/mol. The van der Waals surface area contributed by atoms with E-state index in [2.05, 4.69) is 53.3 Å². The summed E-state index contributed by atoms with van der Waals surface area (Å²) < 4.78 is 0.729. The molecule has 100 valence electrons. The van der Waals surface area contributed by atoms with Crippen LogP contribution < -0.4 is 5.32 Å². The molecule has 0 saturated carbocycles. The lowest BCUT2D eigenvalue weighted by molar-refractivity contribution is 0.465. The molecular formula is C16H18BrNO. The van der Waals surface area contributed by atoms with Crippen LogP contribution in [0.1, 0.15) is 23.6 Å². The zero-order valence-corrected chi connectivity index (χ0v) is 12.8. The third kappa shape index (κ3) is 3.10. The van der Waals surface area contributed by atoms with Crippen LogP contribution in [0.2, 0.25) is 0 Å². The topological polar surface area (TPSA) is 32.3 Å². The number of para-hydroxylation sites is 2. The van der Waals surface area contributed by atoms with E-state index in [1.165, 1.54) is 16.8 Å². The van der Waals surface area contributed by atoms with Gasteiger partial charge in [-0.3, -0.25) is 0 Å². The van der Waals surface area contributed by atoms with Crippen LogP contribution in [0.3, 0.4) is 0 Å². The molecule has 0 radical (unpaired) electrons. The lowest BCUT2D eigenvalue weighted by atomic mass is 10.1. The summed E-state index contributed by atoms with van der Waals surface area (Å²) in [4.78, 5) is 0. The van der Waals surface area contributed by atoms with Crippen molar-refractivity contribution < 1.29 is 5.11 Å². The van der Waals surface area contributed by atoms with Gasteiger partial charge in [-0.1, -0.05) is 37.3 Å². The maximum atomic E-state index is 9.98. The number of hydrogen-bond acceptors (Lipinski definition) is 2. The number of aryl methyl sites for hydroxylation is 2. The van der Waals surface area contributed by atoms with Crippen LogP contribution in [0.15, 0.2) is 40.9 Å². The Morgan fingerprint density at radius 1 is 1.11 bits per heavy atom. The highest BCUT2D eigenvalue weighted by Crippen LogP contribution is 2.29. The Hall–Kier alpha value is -1.48. The molecule has 19 heavy (non-hydrogen) atoms. The molecular weight excluding hydrogens is 302 g/mol. The fraction of sp³-hybridized carbons (Fsp3) is 0.250. The first kappa shape index (κ1) is 13.9. The van der Waals surface area contributed by atoms with Gasteiger partial charge in [-0.25, -0.2) is 0 Å². The Bertz CT molecular complexity index is 581. The highest BCUT2D eigenvalue weighted by atomic mass is 79.9. The van der Waals surface area contributed by atoms with E-state index in [9.17, 15) is 5.11 Å². The van der Waals surface area contributed by atoms with Crippen molar-refractivity contribution in [3.63, 3.8) is 0 Å². The van der Waals surface area contributed by atoms with Gasteiger partial charge >= 0.3 is 0 Å². The molecule has 2 rings (SSSR count). The minimum absolute atomic E-state index is 0.307. The summed E-state index contributed by atoms with van der Waals surface area (Å²) in [6.07, 6.45) is 0.995. The summed E-state index contributed by atoms with van der Waals surface area (Å²) in [7, 11) is 0. The van der Waals surface area contributed by atoms with Crippen molar-refractivity contribution in [1.29, 1.82) is 0 Å². The first-order valence-corrected chi connectivity index (χ1v) is 7.21. The zero-order valence-electron chi connectivity index (χ0n) is 11.2. The first-order valence-electron chi connectivity index (χ1n) is 6.42. The molecule has 0 aliphatic heterocycles. The number of anilines is 1. The second kappa shape index (κ2) is 6.11. The van der Waals surface area contributed by atoms with Gasteiger partial charge in [0.25, 0.3) is 0 Å². The highest BCUT2D eigenvalue weighted by molar-refractivity contribution is 9.10. The van der Waals surface area contributed by atoms with Gasteiger partial charge in [-0.15, -0.1) is 0 Å². The second-order valence-corrected chi connectivity index (χ2v) is 5.42. The number of halogens is 1. The van der Waals surface area contributed by atoms with Crippen LogP contribution in [-0.4, -0.2) is 5.11 Å². The van der Waals surface area contributed by atoms with Crippen molar-refractivity contribution >= 4 is 21.6 Å². The van der Waals surface area contributed by atoms with Gasteiger partial charge in [-0.2, -0.15) is 0 Å². The Kier molecular flexibility index (Phi) is 4.48. The van der Waals surface area contributed by atoms with E-state index in [0.29, 0.717) is 12.3 Å². The van der Waals surface area contributed by atoms with Gasteiger partial charge in [0.1, 0.15) is 5.75 Å². The molecule has 0 fully saturated rings. The predicted molar refractivity (Wildman–Crippen MR) is 83.7 cm³/mol. The largest absolute Gasteiger partial charge is 0.506 e. The minimum atomic E-state index is 0.307. The van der Waals surface area contributed by atoms with E-state index in [0.717, 1.165) is 16.5 Å². The fourth-order valence-electron chi connectivity index (χ4n) is 2.16. The van der Waals surface area contributed by atoms with Gasteiger partial charge in [0.15, 0.2) is 0 Å². The number of nitrogens with one attached hydrogen (secondary N) is 1. The average Bonchev–Trinajstić information content (AvgIpc) is 2.41. The molecule has 2 nitrogen and oxygen atoms in total. The number of aromatic hydroxyl groups is 1. The quantitative estimate of drug-likeness (QED) is 0.860. The first-order chi connectivity index (χ1) is 9.13. The van der Waals surface area contributed by atoms with Crippen molar-refractivity contribution in [1.82, 2.24) is 0 Å². The van der Waals surface area contributed by atoms with E-state index in [1.54, 1.807) is 0 Å². The summed E-state index contributed by atoms with van der Waals surface area (Å²) in [5.41, 5.74) is 4.59. The summed E-state index contributed by atoms with van der Waals surface area (Å²) in [6, 6.07) is 12.0. The van der Waals surface area contributed by atoms with Crippen LogP contribution in [-0.2, 0) is 13.0 Å². The van der Waals surface area contributed by atoms with Gasteiger partial charge in [0, 0.05) is 17.8 Å². The molecule has 0 atom stereocenters. The molecule has 0 amide bonds. The molecule has 2 aromatic carbocycles. The molecule has 0 heterocycles. The lowest BCUT2D eigenvalue weighted by Crippen LogP contribution is -2.04. The van der Waals surface area contributed by atoms with Gasteiger partial charge in [0.05, 0.1) is 4.47 Å². The zero-order chi connectivity index (χ0) is 13.8. The smallest absolute Gasteiger partial charge is 0.134 e. The summed E-state index contributed by atoms with van der Waals surface area (Å²) in [5.74, 6) is 0.307. The number of rotatable bonds is 4. The third-order valence-electron chi connectivity index (χ3n) is 3.27. The van der Waals surface area contributed by atoms with E-state index in [4.69, 9.17) is 0 Å². The molecule has 0 bridgehead atoms. The van der Waals surface area contributed by atoms with Crippen molar-refractivity contribution in [3.05, 3.63) is 57.6 Å². The van der Waals surface area contributed by atoms with Crippen molar-refractivity contribution in [2.24, 2.45) is 0 Å². The normalized spacial score (nSPS) is 10.5. The predicted octanol–water partition coefficient (Wildman–Crippen LogP) is 4.64. The molecule has 0 aromatic heterocycles. The number of phenols is 1. The van der Waals surface area contributed by atoms with Crippen LogP contribution >= 0.6 is 15.9 Å². The Morgan fingerprint density at radius 3 is 2.53 bits per heavy atom. The summed E-state index contributed by atoms with van der Waals surface area (Å²) in [6.45, 7) is 4.86. The third-order valence-corrected chi connectivity index (χ3v) is 3.91. The molecule has 0 aliphatic rings. The minimum Gasteiger partial charge on any atom is -0.506 e.